The monoisotopic (exact) mass is 239 g/mol. The van der Waals surface area contributed by atoms with Gasteiger partial charge in [-0.25, -0.2) is 0 Å². The van der Waals surface area contributed by atoms with Gasteiger partial charge in [0.15, 0.2) is 0 Å². The van der Waals surface area contributed by atoms with Gasteiger partial charge in [-0.3, -0.25) is 4.79 Å². The molecule has 16 heavy (non-hydrogen) atoms. The van der Waals surface area contributed by atoms with Crippen LogP contribution in [0.5, 0.6) is 0 Å². The van der Waals surface area contributed by atoms with E-state index in [0.717, 1.165) is 17.7 Å². The van der Waals surface area contributed by atoms with Gasteiger partial charge in [-0.15, -0.1) is 11.3 Å². The van der Waals surface area contributed by atoms with E-state index < -0.39 is 11.4 Å². The van der Waals surface area contributed by atoms with Crippen LogP contribution in [0.2, 0.25) is 0 Å². The second-order valence-corrected chi connectivity index (χ2v) is 5.74. The highest BCUT2D eigenvalue weighted by Crippen LogP contribution is 2.46. The van der Waals surface area contributed by atoms with E-state index in [2.05, 4.69) is 13.0 Å². The number of rotatable bonds is 4. The lowest BCUT2D eigenvalue weighted by Crippen LogP contribution is -2.53. The number of aliphatic carboxylic acids is 1. The minimum Gasteiger partial charge on any atom is -0.481 e. The quantitative estimate of drug-likeness (QED) is 0.846. The average molecular weight is 239 g/mol. The van der Waals surface area contributed by atoms with E-state index in [4.69, 9.17) is 5.73 Å². The zero-order valence-corrected chi connectivity index (χ0v) is 10.2. The fraction of sp³-hybridized carbons (Fsp3) is 0.583. The Labute approximate surface area is 99.3 Å². The lowest BCUT2D eigenvalue weighted by molar-refractivity contribution is -0.148. The van der Waals surface area contributed by atoms with Gasteiger partial charge >= 0.3 is 5.97 Å². The van der Waals surface area contributed by atoms with Crippen LogP contribution in [-0.4, -0.2) is 17.1 Å². The molecule has 0 radical (unpaired) electrons. The molecule has 1 aliphatic carbocycles. The van der Waals surface area contributed by atoms with Crippen molar-refractivity contribution < 1.29 is 9.90 Å². The molecule has 0 aliphatic heterocycles. The second kappa shape index (κ2) is 4.18. The molecule has 0 unspecified atom stereocenters. The van der Waals surface area contributed by atoms with Gasteiger partial charge in [0.1, 0.15) is 5.41 Å². The van der Waals surface area contributed by atoms with E-state index in [1.54, 1.807) is 11.3 Å². The fourth-order valence-electron chi connectivity index (χ4n) is 2.33. The summed E-state index contributed by atoms with van der Waals surface area (Å²) >= 11 is 1.63. The third kappa shape index (κ3) is 1.76. The van der Waals surface area contributed by atoms with Crippen LogP contribution in [0, 0.1) is 0 Å². The summed E-state index contributed by atoms with van der Waals surface area (Å²) in [6.07, 6.45) is 3.29. The molecule has 3 N–H and O–H groups in total. The van der Waals surface area contributed by atoms with Gasteiger partial charge in [0.2, 0.25) is 0 Å². The number of carbonyl (C=O) groups is 1. The van der Waals surface area contributed by atoms with E-state index >= 15 is 0 Å². The van der Waals surface area contributed by atoms with Gasteiger partial charge in [-0.05, 0) is 31.4 Å². The maximum absolute atomic E-state index is 11.4. The number of carboxylic acid groups (broad SMARTS) is 1. The minimum absolute atomic E-state index is 0.0489. The predicted octanol–water partition coefficient (Wildman–Crippen LogP) is 2.14. The third-order valence-corrected chi connectivity index (χ3v) is 4.61. The summed E-state index contributed by atoms with van der Waals surface area (Å²) < 4.78 is 0. The van der Waals surface area contributed by atoms with Crippen LogP contribution < -0.4 is 5.73 Å². The first kappa shape index (κ1) is 11.6. The Kier molecular flexibility index (Phi) is 3.04. The summed E-state index contributed by atoms with van der Waals surface area (Å²) in [6.45, 7) is 2.13. The topological polar surface area (TPSA) is 63.3 Å². The molecule has 0 spiro atoms. The van der Waals surface area contributed by atoms with Crippen LogP contribution >= 0.6 is 11.3 Å². The SMILES string of the molecule is CCCc1ccc(C2(C(=O)O)CC(N)C2)s1. The zero-order chi connectivity index (χ0) is 11.8. The van der Waals surface area contributed by atoms with Crippen molar-refractivity contribution in [3.63, 3.8) is 0 Å². The summed E-state index contributed by atoms with van der Waals surface area (Å²) in [5, 5.41) is 9.35. The Morgan fingerprint density at radius 1 is 1.62 bits per heavy atom. The van der Waals surface area contributed by atoms with Gasteiger partial charge in [0.25, 0.3) is 0 Å². The van der Waals surface area contributed by atoms with Crippen LogP contribution in [0.3, 0.4) is 0 Å². The molecule has 1 aliphatic rings. The van der Waals surface area contributed by atoms with Crippen molar-refractivity contribution in [2.45, 2.75) is 44.1 Å². The Morgan fingerprint density at radius 3 is 2.81 bits per heavy atom. The van der Waals surface area contributed by atoms with E-state index in [9.17, 15) is 9.90 Å². The summed E-state index contributed by atoms with van der Waals surface area (Å²) in [5.41, 5.74) is 5.05. The first-order valence-electron chi connectivity index (χ1n) is 5.66. The summed E-state index contributed by atoms with van der Waals surface area (Å²) in [5.74, 6) is -0.723. The molecule has 88 valence electrons. The lowest BCUT2D eigenvalue weighted by Gasteiger charge is -2.41. The Balaban J connectivity index is 2.23. The van der Waals surface area contributed by atoms with Crippen molar-refractivity contribution in [3.05, 3.63) is 21.9 Å². The van der Waals surface area contributed by atoms with Crippen molar-refractivity contribution in [1.29, 1.82) is 0 Å². The molecule has 1 aromatic heterocycles. The molecule has 0 atom stereocenters. The van der Waals surface area contributed by atoms with Gasteiger partial charge in [0.05, 0.1) is 0 Å². The van der Waals surface area contributed by atoms with Crippen LogP contribution in [0.25, 0.3) is 0 Å². The van der Waals surface area contributed by atoms with Crippen molar-refractivity contribution in [2.75, 3.05) is 0 Å². The number of carboxylic acids is 1. The summed E-state index contributed by atoms with van der Waals surface area (Å²) in [4.78, 5) is 13.6. The second-order valence-electron chi connectivity index (χ2n) is 4.57. The highest BCUT2D eigenvalue weighted by molar-refractivity contribution is 7.12. The third-order valence-electron chi connectivity index (χ3n) is 3.26. The highest BCUT2D eigenvalue weighted by atomic mass is 32.1. The molecule has 1 aromatic rings. The van der Waals surface area contributed by atoms with Gasteiger partial charge < -0.3 is 10.8 Å². The molecule has 3 nitrogen and oxygen atoms in total. The first-order valence-corrected chi connectivity index (χ1v) is 6.48. The van der Waals surface area contributed by atoms with Crippen LogP contribution in [0.1, 0.15) is 35.9 Å². The lowest BCUT2D eigenvalue weighted by atomic mass is 9.65. The van der Waals surface area contributed by atoms with E-state index in [1.807, 2.05) is 6.07 Å². The molecular formula is C12H17NO2S. The van der Waals surface area contributed by atoms with Crippen LogP contribution in [-0.2, 0) is 16.6 Å². The molecule has 0 amide bonds. The van der Waals surface area contributed by atoms with Crippen molar-refractivity contribution in [1.82, 2.24) is 0 Å². The van der Waals surface area contributed by atoms with Gasteiger partial charge in [-0.2, -0.15) is 0 Å². The Hall–Kier alpha value is -0.870. The number of aryl methyl sites for hydroxylation is 1. The summed E-state index contributed by atoms with van der Waals surface area (Å²) in [7, 11) is 0. The van der Waals surface area contributed by atoms with E-state index in [0.29, 0.717) is 12.8 Å². The maximum atomic E-state index is 11.4. The average Bonchev–Trinajstić information content (AvgIpc) is 2.61. The Morgan fingerprint density at radius 2 is 2.31 bits per heavy atom. The smallest absolute Gasteiger partial charge is 0.315 e. The van der Waals surface area contributed by atoms with Crippen LogP contribution in [0.4, 0.5) is 0 Å². The highest BCUT2D eigenvalue weighted by Gasteiger charge is 2.51. The molecule has 1 saturated carbocycles. The van der Waals surface area contributed by atoms with Crippen LogP contribution in [0.15, 0.2) is 12.1 Å². The van der Waals surface area contributed by atoms with Crippen molar-refractivity contribution >= 4 is 17.3 Å². The molecule has 1 heterocycles. The van der Waals surface area contributed by atoms with Crippen molar-refractivity contribution in [2.24, 2.45) is 5.73 Å². The van der Waals surface area contributed by atoms with Crippen molar-refractivity contribution in [3.8, 4) is 0 Å². The summed E-state index contributed by atoms with van der Waals surface area (Å²) in [6, 6.07) is 4.07. The molecule has 2 rings (SSSR count). The Bertz CT molecular complexity index is 393. The number of nitrogens with two attached hydrogens (primary N) is 1. The van der Waals surface area contributed by atoms with E-state index in [1.165, 1.54) is 4.88 Å². The number of hydrogen-bond acceptors (Lipinski definition) is 3. The number of thiophene rings is 1. The predicted molar refractivity (Wildman–Crippen MR) is 64.8 cm³/mol. The normalized spacial score (nSPS) is 28.8. The maximum Gasteiger partial charge on any atom is 0.315 e. The zero-order valence-electron chi connectivity index (χ0n) is 9.40. The molecule has 4 heteroatoms. The first-order chi connectivity index (χ1) is 7.58. The van der Waals surface area contributed by atoms with Gasteiger partial charge in [0, 0.05) is 15.8 Å². The molecule has 0 aromatic carbocycles. The number of hydrogen-bond donors (Lipinski definition) is 2. The van der Waals surface area contributed by atoms with E-state index in [-0.39, 0.29) is 6.04 Å². The molecule has 1 fully saturated rings. The minimum atomic E-state index is -0.723. The largest absolute Gasteiger partial charge is 0.481 e. The molecule has 0 saturated heterocycles. The van der Waals surface area contributed by atoms with Gasteiger partial charge in [-0.1, -0.05) is 13.3 Å². The molecular weight excluding hydrogens is 222 g/mol. The standard InChI is InChI=1S/C12H17NO2S/c1-2-3-9-4-5-10(16-9)12(11(14)15)6-8(13)7-12/h4-5,8H,2-3,6-7,13H2,1H3,(H,14,15). The molecule has 0 bridgehead atoms. The fourth-order valence-corrected chi connectivity index (χ4v) is 3.64.